The lowest BCUT2D eigenvalue weighted by Gasteiger charge is -2.16. The molecule has 142 valence electrons. The Bertz CT molecular complexity index is 976. The number of aromatic amines is 1. The molecule has 9 heteroatoms. The normalized spacial score (nSPS) is 9.86. The first-order valence-electron chi connectivity index (χ1n) is 8.23. The summed E-state index contributed by atoms with van der Waals surface area (Å²) in [5.41, 5.74) is 7.85. The molecule has 1 heterocycles. The third-order valence-electron chi connectivity index (χ3n) is 3.79. The Balaban J connectivity index is 1.93. The number of hydrogen-bond donors (Lipinski definition) is 2. The molecule has 8 nitrogen and oxygen atoms in total. The molecule has 0 spiro atoms. The number of nitrogens with one attached hydrogen (secondary N) is 2. The number of aryl methyl sites for hydroxylation is 1. The van der Waals surface area contributed by atoms with Crippen LogP contribution < -0.4 is 16.0 Å². The predicted molar refractivity (Wildman–Crippen MR) is 105 cm³/mol. The van der Waals surface area contributed by atoms with E-state index in [2.05, 4.69) is 10.3 Å². The van der Waals surface area contributed by atoms with E-state index in [-0.39, 0.29) is 41.1 Å². The van der Waals surface area contributed by atoms with Crippen molar-refractivity contribution in [3.63, 3.8) is 0 Å². The summed E-state index contributed by atoms with van der Waals surface area (Å²) in [7, 11) is 1.53. The van der Waals surface area contributed by atoms with E-state index in [4.69, 9.17) is 11.0 Å². The summed E-state index contributed by atoms with van der Waals surface area (Å²) in [4.78, 5) is 28.5. The molecule has 0 bridgehead atoms. The third-order valence-corrected chi connectivity index (χ3v) is 4.80. The second-order valence-electron chi connectivity index (χ2n) is 6.02. The number of H-pyrrole nitrogens is 1. The Morgan fingerprint density at radius 3 is 2.46 bits per heavy atom. The zero-order chi connectivity index (χ0) is 20.7. The number of thioether (sulfide) groups is 1. The molecular weight excluding hydrogens is 376 g/mol. The maximum atomic E-state index is 12.3. The summed E-state index contributed by atoms with van der Waals surface area (Å²) < 4.78 is 0. The van der Waals surface area contributed by atoms with Gasteiger partial charge in [0.1, 0.15) is 23.3 Å². The Morgan fingerprint density at radius 1 is 1.21 bits per heavy atom. The summed E-state index contributed by atoms with van der Waals surface area (Å²) in [6, 6.07) is 12.6. The standard InChI is InChI=1S/C19H18N6O2S/c1-12-3-5-15(6-4-12)23-16(26)10-25(2)17(27)11-28-19-14(9-21)7-13(8-20)18(22)24-19/h3-7H,10-11H2,1-2H3,(H2,22,24)(H,23,26)/p+1. The Morgan fingerprint density at radius 2 is 1.86 bits per heavy atom. The highest BCUT2D eigenvalue weighted by molar-refractivity contribution is 7.99. The molecule has 0 aliphatic rings. The van der Waals surface area contributed by atoms with Gasteiger partial charge in [-0.2, -0.15) is 10.5 Å². The van der Waals surface area contributed by atoms with Crippen molar-refractivity contribution in [3.8, 4) is 12.1 Å². The smallest absolute Gasteiger partial charge is 0.289 e. The molecule has 2 rings (SSSR count). The molecule has 28 heavy (non-hydrogen) atoms. The van der Waals surface area contributed by atoms with Crippen molar-refractivity contribution in [2.45, 2.75) is 11.9 Å². The van der Waals surface area contributed by atoms with E-state index in [1.54, 1.807) is 12.1 Å². The molecule has 4 N–H and O–H groups in total. The lowest BCUT2D eigenvalue weighted by atomic mass is 10.2. The van der Waals surface area contributed by atoms with Crippen molar-refractivity contribution in [2.75, 3.05) is 30.4 Å². The maximum Gasteiger partial charge on any atom is 0.289 e. The van der Waals surface area contributed by atoms with Crippen molar-refractivity contribution >= 4 is 35.1 Å². The van der Waals surface area contributed by atoms with Crippen molar-refractivity contribution in [2.24, 2.45) is 0 Å². The highest BCUT2D eigenvalue weighted by atomic mass is 32.2. The molecule has 0 saturated carbocycles. The van der Waals surface area contributed by atoms with Gasteiger partial charge in [-0.1, -0.05) is 29.5 Å². The van der Waals surface area contributed by atoms with Crippen LogP contribution in [0.15, 0.2) is 35.4 Å². The number of carbonyl (C=O) groups is 2. The molecule has 0 radical (unpaired) electrons. The second-order valence-corrected chi connectivity index (χ2v) is 7.00. The van der Waals surface area contributed by atoms with Crippen molar-refractivity contribution in [1.82, 2.24) is 4.90 Å². The van der Waals surface area contributed by atoms with Gasteiger partial charge < -0.3 is 10.2 Å². The molecule has 0 fully saturated rings. The van der Waals surface area contributed by atoms with E-state index in [0.29, 0.717) is 10.7 Å². The Kier molecular flexibility index (Phi) is 6.96. The Hall–Kier alpha value is -3.56. The molecule has 0 aliphatic heterocycles. The number of nitrogens with two attached hydrogens (primary N) is 1. The molecule has 2 aromatic rings. The highest BCUT2D eigenvalue weighted by Crippen LogP contribution is 2.20. The van der Waals surface area contributed by atoms with Crippen LogP contribution in [-0.2, 0) is 9.59 Å². The van der Waals surface area contributed by atoms with Gasteiger partial charge in [-0.15, -0.1) is 0 Å². The van der Waals surface area contributed by atoms with Gasteiger partial charge in [0.2, 0.25) is 11.8 Å². The van der Waals surface area contributed by atoms with Gasteiger partial charge in [0.25, 0.3) is 5.82 Å². The second kappa shape index (κ2) is 9.40. The number of nitriles is 2. The number of nitrogen functional groups attached to an aromatic ring is 1. The molecule has 1 aromatic heterocycles. The van der Waals surface area contributed by atoms with Crippen LogP contribution >= 0.6 is 11.8 Å². The molecule has 0 saturated heterocycles. The fourth-order valence-electron chi connectivity index (χ4n) is 2.22. The lowest BCUT2D eigenvalue weighted by Crippen LogP contribution is -2.36. The fraction of sp³-hybridized carbons (Fsp3) is 0.211. The first kappa shape index (κ1) is 20.7. The largest absolute Gasteiger partial charge is 0.336 e. The van der Waals surface area contributed by atoms with Gasteiger partial charge in [-0.25, -0.2) is 4.98 Å². The van der Waals surface area contributed by atoms with E-state index in [9.17, 15) is 14.9 Å². The number of pyridine rings is 1. The van der Waals surface area contributed by atoms with Crippen LogP contribution in [0.25, 0.3) is 0 Å². The number of nitrogens with zero attached hydrogens (tertiary/aromatic N) is 3. The van der Waals surface area contributed by atoms with Gasteiger partial charge in [-0.05, 0) is 25.1 Å². The van der Waals surface area contributed by atoms with E-state index in [1.807, 2.05) is 31.2 Å². The monoisotopic (exact) mass is 395 g/mol. The van der Waals surface area contributed by atoms with Crippen LogP contribution in [0.4, 0.5) is 11.5 Å². The number of aromatic nitrogens is 1. The summed E-state index contributed by atoms with van der Waals surface area (Å²) in [5, 5.41) is 21.3. The van der Waals surface area contributed by atoms with E-state index in [1.165, 1.54) is 18.0 Å². The number of amides is 2. The van der Waals surface area contributed by atoms with Crippen LogP contribution in [-0.4, -0.2) is 36.1 Å². The zero-order valence-corrected chi connectivity index (χ0v) is 16.3. The van der Waals surface area contributed by atoms with E-state index in [0.717, 1.165) is 17.3 Å². The molecule has 1 aromatic carbocycles. The predicted octanol–water partition coefficient (Wildman–Crippen LogP) is 1.32. The zero-order valence-electron chi connectivity index (χ0n) is 15.4. The summed E-state index contributed by atoms with van der Waals surface area (Å²) in [6.07, 6.45) is 0. The number of rotatable bonds is 6. The van der Waals surface area contributed by atoms with Crippen LogP contribution in [0.2, 0.25) is 0 Å². The van der Waals surface area contributed by atoms with Crippen LogP contribution in [0.5, 0.6) is 0 Å². The number of anilines is 2. The SMILES string of the molecule is Cc1ccc(NC(=O)CN(C)C(=O)CSc2[nH+]c(N)c(C#N)cc2C#N)cc1. The minimum Gasteiger partial charge on any atom is -0.336 e. The van der Waals surface area contributed by atoms with Crippen molar-refractivity contribution in [3.05, 3.63) is 47.0 Å². The van der Waals surface area contributed by atoms with Crippen LogP contribution in [0, 0.1) is 29.6 Å². The molecular formula is C19H19N6O2S+. The quantitative estimate of drug-likeness (QED) is 0.708. The minimum absolute atomic E-state index is 0.00479. The summed E-state index contributed by atoms with van der Waals surface area (Å²) in [6.45, 7) is 1.85. The van der Waals surface area contributed by atoms with Gasteiger partial charge in [0, 0.05) is 12.7 Å². The fourth-order valence-corrected chi connectivity index (χ4v) is 3.15. The van der Waals surface area contributed by atoms with Crippen LogP contribution in [0.3, 0.4) is 0 Å². The number of carbonyl (C=O) groups excluding carboxylic acids is 2. The number of hydrogen-bond acceptors (Lipinski definition) is 6. The van der Waals surface area contributed by atoms with E-state index < -0.39 is 0 Å². The molecule has 0 atom stereocenters. The van der Waals surface area contributed by atoms with Gasteiger partial charge >= 0.3 is 0 Å². The summed E-state index contributed by atoms with van der Waals surface area (Å²) in [5.74, 6) is -0.465. The topological polar surface area (TPSA) is 137 Å². The molecule has 0 unspecified atom stereocenters. The maximum absolute atomic E-state index is 12.3. The van der Waals surface area contributed by atoms with E-state index >= 15 is 0 Å². The number of likely N-dealkylation sites (N-methyl/N-ethyl adjacent to an activating group) is 1. The van der Waals surface area contributed by atoms with Crippen molar-refractivity contribution in [1.29, 1.82) is 10.5 Å². The van der Waals surface area contributed by atoms with Crippen molar-refractivity contribution < 1.29 is 14.6 Å². The average Bonchev–Trinajstić information content (AvgIpc) is 2.67. The summed E-state index contributed by atoms with van der Waals surface area (Å²) >= 11 is 1.08. The lowest BCUT2D eigenvalue weighted by molar-refractivity contribution is -0.410. The molecule has 0 aliphatic carbocycles. The Labute approximate surface area is 167 Å². The molecule has 2 amide bonds. The highest BCUT2D eigenvalue weighted by Gasteiger charge is 2.18. The average molecular weight is 395 g/mol. The minimum atomic E-state index is -0.309. The number of benzene rings is 1. The van der Waals surface area contributed by atoms with Crippen LogP contribution in [0.1, 0.15) is 16.7 Å². The first-order chi connectivity index (χ1) is 13.3. The van der Waals surface area contributed by atoms with Gasteiger partial charge in [0.15, 0.2) is 5.03 Å². The third kappa shape index (κ3) is 5.47. The van der Waals surface area contributed by atoms with Gasteiger partial charge in [0.05, 0.1) is 12.3 Å². The van der Waals surface area contributed by atoms with Gasteiger partial charge in [-0.3, -0.25) is 15.3 Å². The first-order valence-corrected chi connectivity index (χ1v) is 9.22.